The summed E-state index contributed by atoms with van der Waals surface area (Å²) >= 11 is 0. The van der Waals surface area contributed by atoms with E-state index in [2.05, 4.69) is 10.2 Å². The summed E-state index contributed by atoms with van der Waals surface area (Å²) < 4.78 is 0. The van der Waals surface area contributed by atoms with E-state index in [1.807, 2.05) is 28.2 Å². The van der Waals surface area contributed by atoms with Crippen LogP contribution in [0.2, 0.25) is 0 Å². The van der Waals surface area contributed by atoms with Crippen LogP contribution in [0.15, 0.2) is 10.2 Å². The Morgan fingerprint density at radius 3 is 2.13 bits per heavy atom. The molecule has 0 amide bonds. The highest BCUT2D eigenvalue weighted by atomic mass is 16.1. The van der Waals surface area contributed by atoms with Gasteiger partial charge in [0.25, 0.3) is 0 Å². The predicted molar refractivity (Wildman–Crippen MR) is 61.1 cm³/mol. The molecule has 0 spiro atoms. The van der Waals surface area contributed by atoms with Crippen LogP contribution in [-0.2, 0) is 4.79 Å². The Bertz CT molecular complexity index is 305. The number of hydrogen-bond acceptors (Lipinski definition) is 5. The van der Waals surface area contributed by atoms with Crippen molar-refractivity contribution in [3.63, 3.8) is 0 Å². The van der Waals surface area contributed by atoms with E-state index in [0.717, 1.165) is 18.6 Å². The fraction of sp³-hybridized carbons (Fsp3) is 0.700. The molecule has 1 saturated carbocycles. The zero-order valence-corrected chi connectivity index (χ0v) is 9.82. The standard InChI is InChI=1S/C10H18N4O/c1-13(2)11-8-6-5-7-9(15)10(8)12-14(3)4/h5-7H2,1-4H3. The first-order valence-corrected chi connectivity index (χ1v) is 5.05. The molecule has 0 aromatic rings. The van der Waals surface area contributed by atoms with Crippen LogP contribution in [0.1, 0.15) is 19.3 Å². The Kier molecular flexibility index (Phi) is 3.82. The molecule has 1 rings (SSSR count). The van der Waals surface area contributed by atoms with Crippen molar-refractivity contribution in [2.75, 3.05) is 28.2 Å². The number of ketones is 1. The number of Topliss-reactive ketones (excluding diaryl/α,β-unsaturated/α-hetero) is 1. The molecule has 0 radical (unpaired) electrons. The molecule has 0 atom stereocenters. The van der Waals surface area contributed by atoms with Gasteiger partial charge in [0, 0.05) is 34.6 Å². The Morgan fingerprint density at radius 2 is 1.60 bits per heavy atom. The summed E-state index contributed by atoms with van der Waals surface area (Å²) in [6.45, 7) is 0. The molecule has 84 valence electrons. The van der Waals surface area contributed by atoms with Crippen molar-refractivity contribution in [1.29, 1.82) is 0 Å². The third kappa shape index (κ3) is 3.34. The first kappa shape index (κ1) is 11.7. The maximum Gasteiger partial charge on any atom is 0.184 e. The zero-order valence-electron chi connectivity index (χ0n) is 9.82. The Hall–Kier alpha value is -1.39. The molecule has 5 heteroatoms. The predicted octanol–water partition coefficient (Wildman–Crippen LogP) is 0.575. The smallest absolute Gasteiger partial charge is 0.184 e. The van der Waals surface area contributed by atoms with Gasteiger partial charge in [0.05, 0.1) is 5.71 Å². The summed E-state index contributed by atoms with van der Waals surface area (Å²) in [6.07, 6.45) is 2.29. The molecule has 0 unspecified atom stereocenters. The lowest BCUT2D eigenvalue weighted by Crippen LogP contribution is -2.32. The normalized spacial score (nSPS) is 22.3. The van der Waals surface area contributed by atoms with Gasteiger partial charge < -0.3 is 10.0 Å². The van der Waals surface area contributed by atoms with Crippen molar-refractivity contribution in [1.82, 2.24) is 10.0 Å². The third-order valence-electron chi connectivity index (χ3n) is 1.98. The number of hydrazone groups is 2. The van der Waals surface area contributed by atoms with E-state index in [9.17, 15) is 4.79 Å². The lowest BCUT2D eigenvalue weighted by Gasteiger charge is -2.18. The second-order valence-electron chi connectivity index (χ2n) is 3.97. The second-order valence-corrected chi connectivity index (χ2v) is 3.97. The molecule has 15 heavy (non-hydrogen) atoms. The molecular formula is C10H18N4O. The summed E-state index contributed by atoms with van der Waals surface area (Å²) in [4.78, 5) is 11.7. The van der Waals surface area contributed by atoms with Crippen LogP contribution in [-0.4, -0.2) is 55.4 Å². The van der Waals surface area contributed by atoms with E-state index >= 15 is 0 Å². The molecule has 0 bridgehead atoms. The van der Waals surface area contributed by atoms with Gasteiger partial charge in [-0.15, -0.1) is 0 Å². The van der Waals surface area contributed by atoms with E-state index < -0.39 is 0 Å². The number of carbonyl (C=O) groups is 1. The van der Waals surface area contributed by atoms with Gasteiger partial charge in [0.2, 0.25) is 0 Å². The molecule has 0 aliphatic heterocycles. The van der Waals surface area contributed by atoms with Crippen LogP contribution in [0, 0.1) is 0 Å². The topological polar surface area (TPSA) is 48.3 Å². The molecule has 0 aromatic carbocycles. The average Bonchev–Trinajstić information content (AvgIpc) is 2.09. The van der Waals surface area contributed by atoms with Crippen molar-refractivity contribution < 1.29 is 4.79 Å². The molecular weight excluding hydrogens is 192 g/mol. The number of carbonyl (C=O) groups excluding carboxylic acids is 1. The highest BCUT2D eigenvalue weighted by Crippen LogP contribution is 2.11. The quantitative estimate of drug-likeness (QED) is 0.626. The van der Waals surface area contributed by atoms with Crippen LogP contribution in [0.5, 0.6) is 0 Å². The second kappa shape index (κ2) is 4.91. The van der Waals surface area contributed by atoms with Gasteiger partial charge in [-0.2, -0.15) is 10.2 Å². The number of nitrogens with zero attached hydrogens (tertiary/aromatic N) is 4. The van der Waals surface area contributed by atoms with E-state index in [0.29, 0.717) is 12.1 Å². The zero-order chi connectivity index (χ0) is 11.4. The van der Waals surface area contributed by atoms with Gasteiger partial charge in [-0.1, -0.05) is 0 Å². The van der Waals surface area contributed by atoms with Crippen LogP contribution in [0.4, 0.5) is 0 Å². The molecule has 0 heterocycles. The highest BCUT2D eigenvalue weighted by molar-refractivity contribution is 6.68. The van der Waals surface area contributed by atoms with Crippen LogP contribution in [0.3, 0.4) is 0 Å². The molecule has 1 aliphatic rings. The van der Waals surface area contributed by atoms with Gasteiger partial charge in [-0.3, -0.25) is 4.79 Å². The minimum atomic E-state index is 0.0931. The summed E-state index contributed by atoms with van der Waals surface area (Å²) in [6, 6.07) is 0. The van der Waals surface area contributed by atoms with Crippen molar-refractivity contribution >= 4 is 17.2 Å². The molecule has 0 aromatic heterocycles. The van der Waals surface area contributed by atoms with E-state index in [-0.39, 0.29) is 5.78 Å². The number of hydrogen-bond donors (Lipinski definition) is 0. The molecule has 0 N–H and O–H groups in total. The summed E-state index contributed by atoms with van der Waals surface area (Å²) in [7, 11) is 7.31. The van der Waals surface area contributed by atoms with Gasteiger partial charge in [0.1, 0.15) is 5.71 Å². The van der Waals surface area contributed by atoms with Crippen LogP contribution >= 0.6 is 0 Å². The Balaban J connectivity index is 2.97. The summed E-state index contributed by atoms with van der Waals surface area (Å²) in [5.74, 6) is 0.0931. The van der Waals surface area contributed by atoms with Crippen LogP contribution in [0.25, 0.3) is 0 Å². The lowest BCUT2D eigenvalue weighted by atomic mass is 9.95. The number of rotatable bonds is 2. The summed E-state index contributed by atoms with van der Waals surface area (Å²) in [5.41, 5.74) is 1.31. The van der Waals surface area contributed by atoms with Crippen molar-refractivity contribution in [3.8, 4) is 0 Å². The molecule has 0 saturated heterocycles. The first-order valence-electron chi connectivity index (χ1n) is 5.05. The van der Waals surface area contributed by atoms with Crippen molar-refractivity contribution in [2.24, 2.45) is 10.2 Å². The minimum Gasteiger partial charge on any atom is -0.303 e. The minimum absolute atomic E-state index is 0.0931. The average molecular weight is 210 g/mol. The summed E-state index contributed by atoms with van der Waals surface area (Å²) in [5, 5.41) is 11.8. The molecule has 1 aliphatic carbocycles. The van der Waals surface area contributed by atoms with E-state index in [1.165, 1.54) is 0 Å². The van der Waals surface area contributed by atoms with Gasteiger partial charge in [0.15, 0.2) is 5.78 Å². The van der Waals surface area contributed by atoms with Crippen LogP contribution < -0.4 is 0 Å². The van der Waals surface area contributed by atoms with Gasteiger partial charge in [-0.25, -0.2) is 0 Å². The maximum absolute atomic E-state index is 11.7. The third-order valence-corrected chi connectivity index (χ3v) is 1.98. The Morgan fingerprint density at radius 1 is 1.00 bits per heavy atom. The molecule has 5 nitrogen and oxygen atoms in total. The van der Waals surface area contributed by atoms with Crippen molar-refractivity contribution in [3.05, 3.63) is 0 Å². The Labute approximate surface area is 90.4 Å². The van der Waals surface area contributed by atoms with Crippen molar-refractivity contribution in [2.45, 2.75) is 19.3 Å². The fourth-order valence-corrected chi connectivity index (χ4v) is 1.47. The SMILES string of the molecule is CN(C)N=C1CCCC(=O)C1=NN(C)C. The van der Waals surface area contributed by atoms with Gasteiger partial charge in [-0.05, 0) is 12.8 Å². The fourth-order valence-electron chi connectivity index (χ4n) is 1.47. The first-order chi connectivity index (χ1) is 7.00. The lowest BCUT2D eigenvalue weighted by molar-refractivity contribution is -0.113. The monoisotopic (exact) mass is 210 g/mol. The largest absolute Gasteiger partial charge is 0.303 e. The van der Waals surface area contributed by atoms with E-state index in [4.69, 9.17) is 0 Å². The maximum atomic E-state index is 11.7. The highest BCUT2D eigenvalue weighted by Gasteiger charge is 2.24. The van der Waals surface area contributed by atoms with Gasteiger partial charge >= 0.3 is 0 Å². The van der Waals surface area contributed by atoms with E-state index in [1.54, 1.807) is 10.0 Å². The molecule has 1 fully saturated rings.